The minimum atomic E-state index is -0.0436. The third-order valence-electron chi connectivity index (χ3n) is 5.94. The Labute approximate surface area is 172 Å². The van der Waals surface area contributed by atoms with E-state index < -0.39 is 0 Å². The molecule has 1 saturated carbocycles. The van der Waals surface area contributed by atoms with Crippen molar-refractivity contribution in [3.63, 3.8) is 0 Å². The van der Waals surface area contributed by atoms with E-state index in [9.17, 15) is 0 Å². The maximum atomic E-state index is 7.01. The summed E-state index contributed by atoms with van der Waals surface area (Å²) < 4.78 is 3.73. The molecule has 30 heavy (non-hydrogen) atoms. The second-order valence-electron chi connectivity index (χ2n) is 7.72. The van der Waals surface area contributed by atoms with Gasteiger partial charge in [-0.1, -0.05) is 12.1 Å². The van der Waals surface area contributed by atoms with Gasteiger partial charge in [-0.3, -0.25) is 14.2 Å². The van der Waals surface area contributed by atoms with Gasteiger partial charge in [0.2, 0.25) is 5.78 Å². The zero-order valence-corrected chi connectivity index (χ0v) is 16.1. The summed E-state index contributed by atoms with van der Waals surface area (Å²) in [5, 5.41) is 5.41. The number of hydrogen-bond acceptors (Lipinski definition) is 4. The van der Waals surface area contributed by atoms with Crippen LogP contribution in [-0.2, 0) is 12.1 Å². The van der Waals surface area contributed by atoms with E-state index in [-0.39, 0.29) is 12.1 Å². The summed E-state index contributed by atoms with van der Waals surface area (Å²) in [6.07, 6.45) is 13.5. The van der Waals surface area contributed by atoms with Gasteiger partial charge in [0.1, 0.15) is 0 Å². The molecule has 1 aliphatic carbocycles. The summed E-state index contributed by atoms with van der Waals surface area (Å²) in [6.45, 7) is 7.23. The molecular weight excluding hydrogens is 374 g/mol. The maximum Gasteiger partial charge on any atom is 0.307 e. The topological polar surface area (TPSA) is 65.3 Å². The Balaban J connectivity index is 1.46. The number of aromatic nitrogens is 6. The van der Waals surface area contributed by atoms with Gasteiger partial charge in [0.25, 0.3) is 0 Å². The molecule has 5 aromatic rings. The van der Waals surface area contributed by atoms with Crippen LogP contribution in [0.3, 0.4) is 0 Å². The lowest BCUT2D eigenvalue weighted by Crippen LogP contribution is -2.12. The van der Waals surface area contributed by atoms with Gasteiger partial charge < -0.3 is 0 Å². The van der Waals surface area contributed by atoms with Gasteiger partial charge >= 0.3 is 6.67 Å². The molecule has 0 bridgehead atoms. The van der Waals surface area contributed by atoms with Crippen molar-refractivity contribution in [1.82, 2.24) is 29.1 Å². The highest BCUT2D eigenvalue weighted by molar-refractivity contribution is 5.79. The Kier molecular flexibility index (Phi) is 3.50. The Morgan fingerprint density at radius 3 is 2.73 bits per heavy atom. The fourth-order valence-corrected chi connectivity index (χ4v) is 4.23. The number of fused-ring (bicyclic) bond motifs is 2. The van der Waals surface area contributed by atoms with Crippen molar-refractivity contribution in [2.75, 3.05) is 0 Å². The number of benzene rings is 1. The molecule has 7 nitrogen and oxygen atoms in total. The van der Waals surface area contributed by atoms with E-state index in [1.807, 2.05) is 30.9 Å². The Morgan fingerprint density at radius 2 is 1.87 bits per heavy atom. The fourth-order valence-electron chi connectivity index (χ4n) is 4.23. The van der Waals surface area contributed by atoms with Crippen molar-refractivity contribution in [2.24, 2.45) is 0 Å². The monoisotopic (exact) mass is 391 g/mol. The molecular formula is C23H17N7. The standard InChI is InChI=1S/C23H17N7/c1-24-15-29-13-18(11-28-29)17-10-26-22-27-12-21(30(22)14-17)23(6-7-23)19-4-5-20-16(9-19)3-2-8-25-20/h2-5,8-14H,6-7,15H2. The van der Waals surface area contributed by atoms with Gasteiger partial charge in [-0.25, -0.2) is 21.2 Å². The van der Waals surface area contributed by atoms with Crippen LogP contribution >= 0.6 is 0 Å². The van der Waals surface area contributed by atoms with Gasteiger partial charge in [0, 0.05) is 46.7 Å². The van der Waals surface area contributed by atoms with Crippen LogP contribution < -0.4 is 0 Å². The van der Waals surface area contributed by atoms with E-state index in [2.05, 4.69) is 59.8 Å². The molecule has 0 atom stereocenters. The Hall–Kier alpha value is -4.05. The molecule has 1 aromatic carbocycles. The highest BCUT2D eigenvalue weighted by atomic mass is 15.3. The SMILES string of the molecule is [C-]#[N+]Cn1cc(-c2cnc3ncc(C4(c5ccc6ncccc6c5)CC4)n3c2)cn1. The van der Waals surface area contributed by atoms with E-state index in [4.69, 9.17) is 6.57 Å². The number of imidazole rings is 1. The molecule has 1 fully saturated rings. The van der Waals surface area contributed by atoms with Gasteiger partial charge in [0.05, 0.1) is 23.6 Å². The van der Waals surface area contributed by atoms with E-state index in [0.29, 0.717) is 5.78 Å². The minimum absolute atomic E-state index is 0.0436. The van der Waals surface area contributed by atoms with Crippen LogP contribution in [0.25, 0.3) is 32.7 Å². The molecule has 4 heterocycles. The van der Waals surface area contributed by atoms with Crippen LogP contribution in [0.1, 0.15) is 24.1 Å². The lowest BCUT2D eigenvalue weighted by atomic mass is 9.91. The zero-order valence-electron chi connectivity index (χ0n) is 16.1. The van der Waals surface area contributed by atoms with Crippen LogP contribution in [0.4, 0.5) is 0 Å². The van der Waals surface area contributed by atoms with Gasteiger partial charge in [-0.15, -0.1) is 0 Å². The molecule has 1 aliphatic rings. The van der Waals surface area contributed by atoms with E-state index in [1.165, 1.54) is 5.56 Å². The third-order valence-corrected chi connectivity index (χ3v) is 5.94. The smallest absolute Gasteiger partial charge is 0.291 e. The number of pyridine rings is 1. The predicted octanol–water partition coefficient (Wildman–Crippen LogP) is 4.10. The summed E-state index contributed by atoms with van der Waals surface area (Å²) in [6, 6.07) is 10.6. The van der Waals surface area contributed by atoms with Crippen LogP contribution in [0, 0.1) is 6.57 Å². The largest absolute Gasteiger partial charge is 0.307 e. The van der Waals surface area contributed by atoms with Crippen molar-refractivity contribution in [1.29, 1.82) is 0 Å². The molecule has 0 amide bonds. The lowest BCUT2D eigenvalue weighted by Gasteiger charge is -2.16. The summed E-state index contributed by atoms with van der Waals surface area (Å²) >= 11 is 0. The summed E-state index contributed by atoms with van der Waals surface area (Å²) in [5.74, 6) is 0.691. The molecule has 0 unspecified atom stereocenters. The molecule has 7 heteroatoms. The molecule has 144 valence electrons. The van der Waals surface area contributed by atoms with Gasteiger partial charge in [-0.2, -0.15) is 5.10 Å². The first kappa shape index (κ1) is 16.9. The first-order valence-electron chi connectivity index (χ1n) is 9.82. The Bertz CT molecular complexity index is 1450. The summed E-state index contributed by atoms with van der Waals surface area (Å²) in [5.41, 5.74) is 5.31. The fraction of sp³-hybridized carbons (Fsp3) is 0.174. The van der Waals surface area contributed by atoms with Crippen molar-refractivity contribution in [2.45, 2.75) is 24.9 Å². The van der Waals surface area contributed by atoms with Crippen LogP contribution in [0.2, 0.25) is 0 Å². The number of rotatable bonds is 4. The van der Waals surface area contributed by atoms with E-state index >= 15 is 0 Å². The second-order valence-corrected chi connectivity index (χ2v) is 7.72. The molecule has 0 saturated heterocycles. The highest BCUT2D eigenvalue weighted by Gasteiger charge is 2.48. The average Bonchev–Trinajstić information content (AvgIpc) is 3.25. The number of hydrogen-bond donors (Lipinski definition) is 0. The van der Waals surface area contributed by atoms with Gasteiger partial charge in [-0.05, 0) is 36.6 Å². The quantitative estimate of drug-likeness (QED) is 0.433. The lowest BCUT2D eigenvalue weighted by molar-refractivity contribution is 0.699. The molecule has 0 aliphatic heterocycles. The van der Waals surface area contributed by atoms with Crippen LogP contribution in [0.15, 0.2) is 67.5 Å². The van der Waals surface area contributed by atoms with Crippen molar-refractivity contribution in [3.8, 4) is 11.1 Å². The normalized spacial score (nSPS) is 14.8. The van der Waals surface area contributed by atoms with Crippen molar-refractivity contribution >= 4 is 16.7 Å². The summed E-state index contributed by atoms with van der Waals surface area (Å²) in [7, 11) is 0. The second kappa shape index (κ2) is 6.22. The highest BCUT2D eigenvalue weighted by Crippen LogP contribution is 2.53. The first-order valence-corrected chi connectivity index (χ1v) is 9.82. The van der Waals surface area contributed by atoms with E-state index in [0.717, 1.165) is 40.6 Å². The summed E-state index contributed by atoms with van der Waals surface area (Å²) in [4.78, 5) is 16.9. The zero-order chi connectivity index (χ0) is 20.1. The number of nitrogens with zero attached hydrogens (tertiary/aromatic N) is 7. The molecule has 6 rings (SSSR count). The van der Waals surface area contributed by atoms with Crippen LogP contribution in [0.5, 0.6) is 0 Å². The minimum Gasteiger partial charge on any atom is -0.291 e. The average molecular weight is 391 g/mol. The van der Waals surface area contributed by atoms with Crippen molar-refractivity contribution < 1.29 is 0 Å². The first-order chi connectivity index (χ1) is 14.8. The predicted molar refractivity (Wildman–Crippen MR) is 113 cm³/mol. The Morgan fingerprint density at radius 1 is 1.00 bits per heavy atom. The maximum absolute atomic E-state index is 7.01. The third kappa shape index (κ3) is 2.51. The van der Waals surface area contributed by atoms with Crippen molar-refractivity contribution in [3.05, 3.63) is 90.2 Å². The molecule has 0 radical (unpaired) electrons. The molecule has 0 spiro atoms. The molecule has 0 N–H and O–H groups in total. The molecule has 4 aromatic heterocycles. The van der Waals surface area contributed by atoms with E-state index in [1.54, 1.807) is 10.9 Å². The van der Waals surface area contributed by atoms with Crippen LogP contribution in [-0.4, -0.2) is 29.1 Å². The van der Waals surface area contributed by atoms with Gasteiger partial charge in [0.15, 0.2) is 0 Å².